The van der Waals surface area contributed by atoms with E-state index in [2.05, 4.69) is 25.9 Å². The van der Waals surface area contributed by atoms with Gasteiger partial charge in [0, 0.05) is 0 Å². The smallest absolute Gasteiger partial charge is 0.312 e. The molecule has 2 rings (SSSR count). The summed E-state index contributed by atoms with van der Waals surface area (Å²) >= 11 is 8.80. The molecule has 0 aliphatic carbocycles. The van der Waals surface area contributed by atoms with Gasteiger partial charge in [0.25, 0.3) is 5.56 Å². The molecule has 1 aromatic heterocycles. The van der Waals surface area contributed by atoms with Crippen molar-refractivity contribution in [3.63, 3.8) is 0 Å². The number of nitrogens with one attached hydrogen (secondary N) is 1. The average molecular weight is 304 g/mol. The molecule has 0 unspecified atom stereocenters. The molecule has 0 saturated heterocycles. The Morgan fingerprint density at radius 2 is 2.25 bits per heavy atom. The van der Waals surface area contributed by atoms with E-state index in [1.807, 2.05) is 0 Å². The van der Waals surface area contributed by atoms with Crippen molar-refractivity contribution in [2.45, 2.75) is 0 Å². The lowest BCUT2D eigenvalue weighted by Gasteiger charge is -2.02. The number of halogens is 2. The molecular weight excluding hydrogens is 301 g/mol. The second kappa shape index (κ2) is 3.84. The van der Waals surface area contributed by atoms with Crippen LogP contribution in [0.15, 0.2) is 21.5 Å². The largest absolute Gasteiger partial charge is 0.319 e. The summed E-state index contributed by atoms with van der Waals surface area (Å²) in [6.45, 7) is 0. The summed E-state index contributed by atoms with van der Waals surface area (Å²) in [7, 11) is 0. The summed E-state index contributed by atoms with van der Waals surface area (Å²) in [6, 6.07) is 1.41. The Morgan fingerprint density at radius 1 is 1.56 bits per heavy atom. The first-order chi connectivity index (χ1) is 7.50. The summed E-state index contributed by atoms with van der Waals surface area (Å²) in [5.74, 6) is 0. The first-order valence-corrected chi connectivity index (χ1v) is 5.19. The number of nitro benzene ring substituents is 1. The first kappa shape index (κ1) is 11.0. The first-order valence-electron chi connectivity index (χ1n) is 4.02. The fraction of sp³-hybridized carbons (Fsp3) is 0. The van der Waals surface area contributed by atoms with Crippen LogP contribution in [0.3, 0.4) is 0 Å². The second-order valence-electron chi connectivity index (χ2n) is 2.92. The van der Waals surface area contributed by atoms with Crippen molar-refractivity contribution in [3.8, 4) is 0 Å². The van der Waals surface area contributed by atoms with Gasteiger partial charge in [-0.25, -0.2) is 4.98 Å². The van der Waals surface area contributed by atoms with E-state index in [0.717, 1.165) is 6.20 Å². The van der Waals surface area contributed by atoms with Gasteiger partial charge in [0.2, 0.25) is 0 Å². The minimum absolute atomic E-state index is 0.0841. The van der Waals surface area contributed by atoms with E-state index in [0.29, 0.717) is 0 Å². The van der Waals surface area contributed by atoms with E-state index in [1.165, 1.54) is 6.07 Å². The maximum absolute atomic E-state index is 11.0. The van der Waals surface area contributed by atoms with Crippen molar-refractivity contribution < 1.29 is 4.92 Å². The number of rotatable bonds is 1. The summed E-state index contributed by atoms with van der Waals surface area (Å²) in [5, 5.41) is 11.0. The molecule has 0 saturated carbocycles. The van der Waals surface area contributed by atoms with Gasteiger partial charge < -0.3 is 4.98 Å². The highest BCUT2D eigenvalue weighted by molar-refractivity contribution is 9.10. The summed E-state index contributed by atoms with van der Waals surface area (Å²) in [6.07, 6.45) is 0.982. The van der Waals surface area contributed by atoms with Crippen LogP contribution >= 0.6 is 27.5 Å². The molecule has 0 atom stereocenters. The highest BCUT2D eigenvalue weighted by Gasteiger charge is 2.21. The minimum Gasteiger partial charge on any atom is -0.319 e. The molecule has 0 aliphatic rings. The lowest BCUT2D eigenvalue weighted by atomic mass is 10.2. The Bertz CT molecular complexity index is 655. The topological polar surface area (TPSA) is 88.9 Å². The fourth-order valence-electron chi connectivity index (χ4n) is 1.28. The molecule has 1 heterocycles. The predicted octanol–water partition coefficient (Wildman–Crippen LogP) is 2.25. The third kappa shape index (κ3) is 1.68. The van der Waals surface area contributed by atoms with Gasteiger partial charge in [-0.2, -0.15) is 0 Å². The normalized spacial score (nSPS) is 10.6. The van der Waals surface area contributed by atoms with E-state index in [9.17, 15) is 14.9 Å². The van der Waals surface area contributed by atoms with Crippen LogP contribution in [0.25, 0.3) is 11.0 Å². The van der Waals surface area contributed by atoms with Gasteiger partial charge in [-0.05, 0) is 22.0 Å². The van der Waals surface area contributed by atoms with E-state index in [-0.39, 0.29) is 26.2 Å². The molecule has 1 N–H and O–H groups in total. The number of fused-ring (bicyclic) bond motifs is 1. The van der Waals surface area contributed by atoms with Crippen LogP contribution in [0.4, 0.5) is 5.69 Å². The molecule has 0 bridgehead atoms. The van der Waals surface area contributed by atoms with Gasteiger partial charge in [0.05, 0.1) is 21.7 Å². The number of benzene rings is 1. The maximum Gasteiger partial charge on any atom is 0.312 e. The SMILES string of the molecule is O=c1cnc2c([N+](=O)[O-])c(Br)c(Cl)cc2[nH]1. The third-order valence-electron chi connectivity index (χ3n) is 1.92. The minimum atomic E-state index is -0.608. The lowest BCUT2D eigenvalue weighted by molar-refractivity contribution is -0.384. The van der Waals surface area contributed by atoms with E-state index in [4.69, 9.17) is 11.6 Å². The van der Waals surface area contributed by atoms with Crippen molar-refractivity contribution in [3.05, 3.63) is 42.2 Å². The van der Waals surface area contributed by atoms with Crippen LogP contribution in [0.2, 0.25) is 5.02 Å². The van der Waals surface area contributed by atoms with Crippen LogP contribution in [-0.2, 0) is 0 Å². The predicted molar refractivity (Wildman–Crippen MR) is 61.7 cm³/mol. The number of nitro groups is 1. The van der Waals surface area contributed by atoms with E-state index < -0.39 is 10.5 Å². The molecule has 6 nitrogen and oxygen atoms in total. The number of aromatic amines is 1. The molecule has 8 heteroatoms. The van der Waals surface area contributed by atoms with Crippen LogP contribution in [0.5, 0.6) is 0 Å². The van der Waals surface area contributed by atoms with Gasteiger partial charge in [0.15, 0.2) is 5.52 Å². The Balaban J connectivity index is 3.00. The van der Waals surface area contributed by atoms with Gasteiger partial charge in [0.1, 0.15) is 4.47 Å². The Hall–Kier alpha value is -1.47. The van der Waals surface area contributed by atoms with Gasteiger partial charge in [-0.1, -0.05) is 11.6 Å². The Labute approximate surface area is 102 Å². The molecule has 0 spiro atoms. The number of nitrogens with zero attached hydrogens (tertiary/aromatic N) is 2. The molecule has 1 aromatic carbocycles. The lowest BCUT2D eigenvalue weighted by Crippen LogP contribution is -2.06. The van der Waals surface area contributed by atoms with Gasteiger partial charge >= 0.3 is 5.69 Å². The Kier molecular flexibility index (Phi) is 2.64. The van der Waals surface area contributed by atoms with Crippen molar-refractivity contribution in [2.24, 2.45) is 0 Å². The molecule has 0 amide bonds. The number of H-pyrrole nitrogens is 1. The average Bonchev–Trinajstić information content (AvgIpc) is 2.19. The van der Waals surface area contributed by atoms with Crippen molar-refractivity contribution in [2.75, 3.05) is 0 Å². The standard InChI is InChI=1S/C8H3BrClN3O3/c9-6-3(10)1-4-7(8(6)13(15)16)11-2-5(14)12-4/h1-2H,(H,12,14). The maximum atomic E-state index is 11.0. The zero-order valence-electron chi connectivity index (χ0n) is 7.53. The van der Waals surface area contributed by atoms with Crippen LogP contribution in [0.1, 0.15) is 0 Å². The highest BCUT2D eigenvalue weighted by atomic mass is 79.9. The molecule has 82 valence electrons. The monoisotopic (exact) mass is 303 g/mol. The molecular formula is C8H3BrClN3O3. The summed E-state index contributed by atoms with van der Waals surface area (Å²) in [4.78, 5) is 27.4. The summed E-state index contributed by atoms with van der Waals surface area (Å²) < 4.78 is 0.145. The Morgan fingerprint density at radius 3 is 2.88 bits per heavy atom. The zero-order chi connectivity index (χ0) is 11.9. The van der Waals surface area contributed by atoms with Crippen LogP contribution < -0.4 is 5.56 Å². The fourth-order valence-corrected chi connectivity index (χ4v) is 1.93. The molecule has 16 heavy (non-hydrogen) atoms. The van der Waals surface area contributed by atoms with E-state index in [1.54, 1.807) is 0 Å². The molecule has 0 fully saturated rings. The van der Waals surface area contributed by atoms with Crippen LogP contribution in [0, 0.1) is 10.1 Å². The molecule has 0 aliphatic heterocycles. The van der Waals surface area contributed by atoms with Crippen molar-refractivity contribution in [1.82, 2.24) is 9.97 Å². The van der Waals surface area contributed by atoms with E-state index >= 15 is 0 Å². The van der Waals surface area contributed by atoms with Crippen molar-refractivity contribution >= 4 is 44.3 Å². The van der Waals surface area contributed by atoms with Crippen LogP contribution in [-0.4, -0.2) is 14.9 Å². The molecule has 0 radical (unpaired) electrons. The van der Waals surface area contributed by atoms with Gasteiger partial charge in [-0.3, -0.25) is 14.9 Å². The third-order valence-corrected chi connectivity index (χ3v) is 3.25. The highest BCUT2D eigenvalue weighted by Crippen LogP contribution is 2.36. The molecule has 2 aromatic rings. The van der Waals surface area contributed by atoms with Crippen molar-refractivity contribution in [1.29, 1.82) is 0 Å². The number of hydrogen-bond acceptors (Lipinski definition) is 4. The summed E-state index contributed by atoms with van der Waals surface area (Å²) in [5.41, 5.74) is -0.396. The quantitative estimate of drug-likeness (QED) is 0.646. The zero-order valence-corrected chi connectivity index (χ0v) is 9.87. The van der Waals surface area contributed by atoms with Gasteiger partial charge in [-0.15, -0.1) is 0 Å². The number of aromatic nitrogens is 2. The number of hydrogen-bond donors (Lipinski definition) is 1. The second-order valence-corrected chi connectivity index (χ2v) is 4.12.